The van der Waals surface area contributed by atoms with Crippen LogP contribution in [0.1, 0.15) is 16.8 Å². The highest BCUT2D eigenvalue weighted by molar-refractivity contribution is 5.84. The molecule has 0 atom stereocenters. The average molecular weight is 351 g/mol. The van der Waals surface area contributed by atoms with E-state index in [2.05, 4.69) is 34.7 Å². The number of aromatic nitrogens is 1. The number of benzene rings is 2. The predicted molar refractivity (Wildman–Crippen MR) is 105 cm³/mol. The van der Waals surface area contributed by atoms with Crippen LogP contribution in [-0.2, 0) is 12.8 Å². The summed E-state index contributed by atoms with van der Waals surface area (Å²) in [7, 11) is 1.65. The van der Waals surface area contributed by atoms with Crippen molar-refractivity contribution in [2.24, 2.45) is 0 Å². The number of para-hydroxylation sites is 1. The number of aryl methyl sites for hydroxylation is 1. The Morgan fingerprint density at radius 3 is 2.42 bits per heavy atom. The lowest BCUT2D eigenvalue weighted by atomic mass is 10.1. The van der Waals surface area contributed by atoms with Gasteiger partial charge < -0.3 is 20.4 Å². The van der Waals surface area contributed by atoms with Crippen molar-refractivity contribution < 1.29 is 9.53 Å². The first kappa shape index (κ1) is 17.9. The second kappa shape index (κ2) is 8.43. The van der Waals surface area contributed by atoms with Crippen molar-refractivity contribution >= 4 is 16.9 Å². The van der Waals surface area contributed by atoms with Gasteiger partial charge in [0.05, 0.1) is 7.11 Å². The normalized spacial score (nSPS) is 10.7. The van der Waals surface area contributed by atoms with Gasteiger partial charge in [-0.3, -0.25) is 0 Å². The smallest absolute Gasteiger partial charge is 0.314 e. The van der Waals surface area contributed by atoms with Gasteiger partial charge in [0.1, 0.15) is 5.75 Å². The second-order valence-electron chi connectivity index (χ2n) is 6.30. The third-order valence-corrected chi connectivity index (χ3v) is 4.55. The molecule has 0 saturated carbocycles. The molecule has 2 aromatic carbocycles. The van der Waals surface area contributed by atoms with E-state index >= 15 is 0 Å². The molecule has 0 bridgehead atoms. The van der Waals surface area contributed by atoms with Crippen LogP contribution in [0, 0.1) is 6.92 Å². The predicted octanol–water partition coefficient (Wildman–Crippen LogP) is 3.57. The summed E-state index contributed by atoms with van der Waals surface area (Å²) in [5, 5.41) is 7.06. The van der Waals surface area contributed by atoms with Crippen LogP contribution in [0.15, 0.2) is 48.5 Å². The number of nitrogens with one attached hydrogen (secondary N) is 3. The first-order valence-electron chi connectivity index (χ1n) is 8.88. The van der Waals surface area contributed by atoms with Crippen LogP contribution in [0.5, 0.6) is 5.75 Å². The molecule has 2 amide bonds. The number of methoxy groups -OCH3 is 1. The van der Waals surface area contributed by atoms with E-state index < -0.39 is 0 Å². The summed E-state index contributed by atoms with van der Waals surface area (Å²) in [6.07, 6.45) is 1.60. The number of urea groups is 1. The van der Waals surface area contributed by atoms with Crippen molar-refractivity contribution in [3.8, 4) is 5.75 Å². The fourth-order valence-electron chi connectivity index (χ4n) is 3.13. The van der Waals surface area contributed by atoms with Crippen molar-refractivity contribution in [1.82, 2.24) is 15.6 Å². The van der Waals surface area contributed by atoms with Crippen molar-refractivity contribution in [3.63, 3.8) is 0 Å². The van der Waals surface area contributed by atoms with Crippen LogP contribution in [-0.4, -0.2) is 31.2 Å². The quantitative estimate of drug-likeness (QED) is 0.609. The van der Waals surface area contributed by atoms with Crippen LogP contribution in [0.4, 0.5) is 4.79 Å². The Kier molecular flexibility index (Phi) is 5.79. The molecule has 0 aliphatic rings. The maximum absolute atomic E-state index is 12.0. The summed E-state index contributed by atoms with van der Waals surface area (Å²) < 4.78 is 5.14. The molecule has 0 spiro atoms. The van der Waals surface area contributed by atoms with Crippen LogP contribution >= 0.6 is 0 Å². The standard InChI is InChI=1S/C21H25N3O2/c1-15-18(19-5-3-4-6-20(19)24-15)12-14-23-21(25)22-13-11-16-7-9-17(26-2)10-8-16/h3-10,24H,11-14H2,1-2H3,(H2,22,23,25). The van der Waals surface area contributed by atoms with Gasteiger partial charge in [-0.05, 0) is 49.1 Å². The number of ether oxygens (including phenoxy) is 1. The summed E-state index contributed by atoms with van der Waals surface area (Å²) in [5.41, 5.74) is 4.73. The highest BCUT2D eigenvalue weighted by Crippen LogP contribution is 2.21. The zero-order valence-corrected chi connectivity index (χ0v) is 15.3. The van der Waals surface area contributed by atoms with E-state index in [1.54, 1.807) is 7.11 Å². The van der Waals surface area contributed by atoms with E-state index in [0.29, 0.717) is 13.1 Å². The minimum atomic E-state index is -0.129. The van der Waals surface area contributed by atoms with E-state index in [1.165, 1.54) is 16.5 Å². The van der Waals surface area contributed by atoms with Crippen molar-refractivity contribution in [1.29, 1.82) is 0 Å². The van der Waals surface area contributed by atoms with Crippen LogP contribution in [0.2, 0.25) is 0 Å². The van der Waals surface area contributed by atoms with Gasteiger partial charge in [0.2, 0.25) is 0 Å². The summed E-state index contributed by atoms with van der Waals surface area (Å²) in [4.78, 5) is 15.3. The van der Waals surface area contributed by atoms with E-state index in [1.807, 2.05) is 36.4 Å². The fraction of sp³-hybridized carbons (Fsp3) is 0.286. The van der Waals surface area contributed by atoms with Gasteiger partial charge in [-0.25, -0.2) is 4.79 Å². The third-order valence-electron chi connectivity index (χ3n) is 4.55. The lowest BCUT2D eigenvalue weighted by Crippen LogP contribution is -2.37. The minimum Gasteiger partial charge on any atom is -0.497 e. The zero-order valence-electron chi connectivity index (χ0n) is 15.3. The fourth-order valence-corrected chi connectivity index (χ4v) is 3.13. The molecule has 3 N–H and O–H groups in total. The molecule has 0 unspecified atom stereocenters. The molecule has 0 aliphatic carbocycles. The monoisotopic (exact) mass is 351 g/mol. The molecule has 0 radical (unpaired) electrons. The van der Waals surface area contributed by atoms with Gasteiger partial charge in [0, 0.05) is 29.7 Å². The summed E-state index contributed by atoms with van der Waals surface area (Å²) >= 11 is 0. The average Bonchev–Trinajstić information content (AvgIpc) is 2.98. The number of H-pyrrole nitrogens is 1. The molecule has 5 heteroatoms. The molecule has 136 valence electrons. The number of rotatable bonds is 7. The third kappa shape index (κ3) is 4.36. The first-order valence-corrected chi connectivity index (χ1v) is 8.88. The van der Waals surface area contributed by atoms with E-state index in [4.69, 9.17) is 4.74 Å². The van der Waals surface area contributed by atoms with Crippen molar-refractivity contribution in [2.75, 3.05) is 20.2 Å². The summed E-state index contributed by atoms with van der Waals surface area (Å²) in [6.45, 7) is 3.28. The lowest BCUT2D eigenvalue weighted by Gasteiger charge is -2.08. The van der Waals surface area contributed by atoms with Crippen LogP contribution in [0.3, 0.4) is 0 Å². The Hall–Kier alpha value is -2.95. The number of carbonyl (C=O) groups excluding carboxylic acids is 1. The molecule has 0 saturated heterocycles. The highest BCUT2D eigenvalue weighted by Gasteiger charge is 2.08. The topological polar surface area (TPSA) is 66.2 Å². The maximum atomic E-state index is 12.0. The Balaban J connectivity index is 1.41. The Morgan fingerprint density at radius 2 is 1.69 bits per heavy atom. The number of carbonyl (C=O) groups is 1. The summed E-state index contributed by atoms with van der Waals surface area (Å²) in [6, 6.07) is 16.0. The van der Waals surface area contributed by atoms with Gasteiger partial charge in [-0.2, -0.15) is 0 Å². The number of amides is 2. The number of hydrogen-bond donors (Lipinski definition) is 3. The Morgan fingerprint density at radius 1 is 1.00 bits per heavy atom. The zero-order chi connectivity index (χ0) is 18.4. The van der Waals surface area contributed by atoms with Crippen LogP contribution in [0.25, 0.3) is 10.9 Å². The van der Waals surface area contributed by atoms with E-state index in [-0.39, 0.29) is 6.03 Å². The summed E-state index contributed by atoms with van der Waals surface area (Å²) in [5.74, 6) is 0.840. The minimum absolute atomic E-state index is 0.129. The molecule has 0 fully saturated rings. The second-order valence-corrected chi connectivity index (χ2v) is 6.30. The van der Waals surface area contributed by atoms with Gasteiger partial charge >= 0.3 is 6.03 Å². The Bertz CT molecular complexity index is 869. The molecule has 0 aliphatic heterocycles. The molecule has 26 heavy (non-hydrogen) atoms. The molecule has 5 nitrogen and oxygen atoms in total. The van der Waals surface area contributed by atoms with Gasteiger partial charge in [-0.15, -0.1) is 0 Å². The number of fused-ring (bicyclic) bond motifs is 1. The van der Waals surface area contributed by atoms with Gasteiger partial charge in [0.15, 0.2) is 0 Å². The SMILES string of the molecule is COc1ccc(CCNC(=O)NCCc2c(C)[nH]c3ccccc23)cc1. The molecule has 3 aromatic rings. The molecule has 3 rings (SSSR count). The van der Waals surface area contributed by atoms with Crippen molar-refractivity contribution in [3.05, 3.63) is 65.4 Å². The van der Waals surface area contributed by atoms with Gasteiger partial charge in [-0.1, -0.05) is 30.3 Å². The van der Waals surface area contributed by atoms with Crippen molar-refractivity contribution in [2.45, 2.75) is 19.8 Å². The van der Waals surface area contributed by atoms with E-state index in [0.717, 1.165) is 29.8 Å². The first-order chi connectivity index (χ1) is 12.7. The van der Waals surface area contributed by atoms with Crippen LogP contribution < -0.4 is 15.4 Å². The highest BCUT2D eigenvalue weighted by atomic mass is 16.5. The number of aromatic amines is 1. The molecular formula is C21H25N3O2. The van der Waals surface area contributed by atoms with E-state index in [9.17, 15) is 4.79 Å². The molecule has 1 heterocycles. The van der Waals surface area contributed by atoms with Gasteiger partial charge in [0.25, 0.3) is 0 Å². The maximum Gasteiger partial charge on any atom is 0.314 e. The molecular weight excluding hydrogens is 326 g/mol. The molecule has 1 aromatic heterocycles. The largest absolute Gasteiger partial charge is 0.497 e. The number of hydrogen-bond acceptors (Lipinski definition) is 2. The Labute approximate surface area is 153 Å². The lowest BCUT2D eigenvalue weighted by molar-refractivity contribution is 0.241.